The van der Waals surface area contributed by atoms with E-state index in [1.165, 1.54) is 16.4 Å². The maximum atomic E-state index is 12.6. The van der Waals surface area contributed by atoms with E-state index in [-0.39, 0.29) is 4.90 Å². The van der Waals surface area contributed by atoms with Crippen molar-refractivity contribution in [2.24, 2.45) is 11.8 Å². The average Bonchev–Trinajstić information content (AvgIpc) is 3.17. The van der Waals surface area contributed by atoms with Crippen LogP contribution in [0.5, 0.6) is 0 Å². The van der Waals surface area contributed by atoms with Gasteiger partial charge in [0.15, 0.2) is 0 Å². The predicted octanol–water partition coefficient (Wildman–Crippen LogP) is 2.08. The Morgan fingerprint density at radius 1 is 1.08 bits per heavy atom. The molecule has 1 amide bonds. The number of anilines is 1. The van der Waals surface area contributed by atoms with Gasteiger partial charge in [-0.2, -0.15) is 4.31 Å². The number of carbonyl (C=O) groups is 2. The van der Waals surface area contributed by atoms with Crippen molar-refractivity contribution >= 4 is 27.6 Å². The third-order valence-electron chi connectivity index (χ3n) is 4.89. The summed E-state index contributed by atoms with van der Waals surface area (Å²) in [7, 11) is -3.57. The summed E-state index contributed by atoms with van der Waals surface area (Å²) in [5, 5.41) is 12.0. The van der Waals surface area contributed by atoms with Crippen molar-refractivity contribution in [3.8, 4) is 0 Å². The number of benzene rings is 1. The minimum absolute atomic E-state index is 0.135. The third-order valence-corrected chi connectivity index (χ3v) is 6.79. The fraction of sp³-hybridized carbons (Fsp3) is 0.444. The number of carboxylic acids is 1. The van der Waals surface area contributed by atoms with E-state index in [4.69, 9.17) is 0 Å². The number of allylic oxidation sites excluding steroid dienone is 2. The Kier molecular flexibility index (Phi) is 5.43. The number of carboxylic acid groups (broad SMARTS) is 1. The average molecular weight is 378 g/mol. The molecule has 0 bridgehead atoms. The van der Waals surface area contributed by atoms with Crippen LogP contribution in [0.25, 0.3) is 0 Å². The topological polar surface area (TPSA) is 104 Å². The van der Waals surface area contributed by atoms with Gasteiger partial charge in [0.2, 0.25) is 15.9 Å². The Labute approximate surface area is 152 Å². The molecular weight excluding hydrogens is 356 g/mol. The van der Waals surface area contributed by atoms with Gasteiger partial charge in [0.05, 0.1) is 16.7 Å². The van der Waals surface area contributed by atoms with Crippen LogP contribution in [-0.2, 0) is 19.6 Å². The smallest absolute Gasteiger partial charge is 0.307 e. The molecule has 0 unspecified atom stereocenters. The highest BCUT2D eigenvalue weighted by molar-refractivity contribution is 7.89. The maximum Gasteiger partial charge on any atom is 0.307 e. The number of nitrogens with zero attached hydrogens (tertiary/aromatic N) is 1. The summed E-state index contributed by atoms with van der Waals surface area (Å²) in [4.78, 5) is 24.0. The van der Waals surface area contributed by atoms with Gasteiger partial charge in [-0.1, -0.05) is 18.2 Å². The van der Waals surface area contributed by atoms with Gasteiger partial charge in [-0.05, 0) is 43.9 Å². The van der Waals surface area contributed by atoms with Crippen molar-refractivity contribution < 1.29 is 23.1 Å². The quantitative estimate of drug-likeness (QED) is 0.764. The molecule has 2 atom stereocenters. The highest BCUT2D eigenvalue weighted by Gasteiger charge is 2.34. The molecule has 8 heteroatoms. The molecular formula is C18H22N2O5S. The summed E-state index contributed by atoms with van der Waals surface area (Å²) in [5.41, 5.74) is 0.356. The summed E-state index contributed by atoms with van der Waals surface area (Å²) >= 11 is 0. The van der Waals surface area contributed by atoms with Crippen LogP contribution >= 0.6 is 0 Å². The lowest BCUT2D eigenvalue weighted by molar-refractivity contribution is -0.146. The molecule has 0 aromatic heterocycles. The van der Waals surface area contributed by atoms with E-state index in [2.05, 4.69) is 5.32 Å². The highest BCUT2D eigenvalue weighted by atomic mass is 32.2. The van der Waals surface area contributed by atoms with Crippen LogP contribution in [0.3, 0.4) is 0 Å². The molecule has 1 fully saturated rings. The molecule has 140 valence electrons. The zero-order valence-electron chi connectivity index (χ0n) is 14.3. The number of carbonyl (C=O) groups excluding carboxylic acids is 1. The van der Waals surface area contributed by atoms with Crippen LogP contribution in [0.15, 0.2) is 41.3 Å². The maximum absolute atomic E-state index is 12.6. The zero-order chi connectivity index (χ0) is 18.7. The first-order valence-corrected chi connectivity index (χ1v) is 10.1. The molecule has 7 nitrogen and oxygen atoms in total. The number of sulfonamides is 1. The molecule has 2 N–H and O–H groups in total. The van der Waals surface area contributed by atoms with Crippen LogP contribution < -0.4 is 5.32 Å². The van der Waals surface area contributed by atoms with Gasteiger partial charge in [-0.3, -0.25) is 9.59 Å². The van der Waals surface area contributed by atoms with Gasteiger partial charge in [-0.25, -0.2) is 8.42 Å². The van der Waals surface area contributed by atoms with E-state index in [1.54, 1.807) is 24.3 Å². The molecule has 1 aliphatic carbocycles. The number of hydrogen-bond donors (Lipinski definition) is 2. The molecule has 0 spiro atoms. The van der Waals surface area contributed by atoms with E-state index < -0.39 is 33.7 Å². The second kappa shape index (κ2) is 7.59. The molecule has 1 saturated heterocycles. The first-order valence-electron chi connectivity index (χ1n) is 8.68. The Morgan fingerprint density at radius 3 is 2.38 bits per heavy atom. The van der Waals surface area contributed by atoms with Crippen molar-refractivity contribution in [2.45, 2.75) is 30.6 Å². The Hall–Kier alpha value is -2.19. The van der Waals surface area contributed by atoms with Crippen LogP contribution in [0.1, 0.15) is 25.7 Å². The third kappa shape index (κ3) is 3.81. The van der Waals surface area contributed by atoms with Crippen molar-refractivity contribution in [3.63, 3.8) is 0 Å². The largest absolute Gasteiger partial charge is 0.481 e. The van der Waals surface area contributed by atoms with Crippen LogP contribution in [0, 0.1) is 11.8 Å². The van der Waals surface area contributed by atoms with Gasteiger partial charge in [0, 0.05) is 18.8 Å². The monoisotopic (exact) mass is 378 g/mol. The van der Waals surface area contributed by atoms with E-state index in [0.29, 0.717) is 31.6 Å². The summed E-state index contributed by atoms with van der Waals surface area (Å²) in [6.07, 6.45) is 5.94. The van der Waals surface area contributed by atoms with Gasteiger partial charge < -0.3 is 10.4 Å². The zero-order valence-corrected chi connectivity index (χ0v) is 15.1. The Balaban J connectivity index is 1.77. The van der Waals surface area contributed by atoms with Gasteiger partial charge in [-0.15, -0.1) is 0 Å². The standard InChI is InChI=1S/C18H22N2O5S/c21-17(15-8-1-2-9-16(15)18(22)23)19-13-6-5-7-14(12-13)26(24,25)20-10-3-4-11-20/h1-2,5-7,12,15-16H,3-4,8-11H2,(H,19,21)(H,22,23)/t15-,16+/m1/s1. The van der Waals surface area contributed by atoms with Crippen molar-refractivity contribution in [1.29, 1.82) is 0 Å². The van der Waals surface area contributed by atoms with E-state index in [9.17, 15) is 23.1 Å². The van der Waals surface area contributed by atoms with Gasteiger partial charge >= 0.3 is 5.97 Å². The number of rotatable bonds is 5. The number of aliphatic carboxylic acids is 1. The molecule has 26 heavy (non-hydrogen) atoms. The second-order valence-corrected chi connectivity index (χ2v) is 8.56. The predicted molar refractivity (Wildman–Crippen MR) is 96.1 cm³/mol. The van der Waals surface area contributed by atoms with Gasteiger partial charge in [0.25, 0.3) is 0 Å². The van der Waals surface area contributed by atoms with Gasteiger partial charge in [0.1, 0.15) is 0 Å². The van der Waals surface area contributed by atoms with Crippen molar-refractivity contribution in [2.75, 3.05) is 18.4 Å². The molecule has 1 aromatic carbocycles. The summed E-state index contributed by atoms with van der Waals surface area (Å²) in [6.45, 7) is 1.02. The fourth-order valence-electron chi connectivity index (χ4n) is 3.42. The summed E-state index contributed by atoms with van der Waals surface area (Å²) in [5.74, 6) is -2.84. The molecule has 0 saturated carbocycles. The molecule has 1 aliphatic heterocycles. The summed E-state index contributed by atoms with van der Waals surface area (Å²) < 4.78 is 26.7. The first kappa shape index (κ1) is 18.6. The minimum atomic E-state index is -3.57. The second-order valence-electron chi connectivity index (χ2n) is 6.62. The number of nitrogens with one attached hydrogen (secondary N) is 1. The van der Waals surface area contributed by atoms with Crippen LogP contribution in [-0.4, -0.2) is 42.8 Å². The van der Waals surface area contributed by atoms with Crippen molar-refractivity contribution in [3.05, 3.63) is 36.4 Å². The van der Waals surface area contributed by atoms with Crippen molar-refractivity contribution in [1.82, 2.24) is 4.31 Å². The van der Waals surface area contributed by atoms with E-state index >= 15 is 0 Å². The minimum Gasteiger partial charge on any atom is -0.481 e. The summed E-state index contributed by atoms with van der Waals surface area (Å²) in [6, 6.07) is 6.12. The number of hydrogen-bond acceptors (Lipinski definition) is 4. The Bertz CT molecular complexity index is 828. The lowest BCUT2D eigenvalue weighted by Gasteiger charge is -2.24. The molecule has 1 heterocycles. The Morgan fingerprint density at radius 2 is 1.73 bits per heavy atom. The lowest BCUT2D eigenvalue weighted by Crippen LogP contribution is -2.34. The SMILES string of the molecule is O=C(O)[C@H]1CC=CC[C@H]1C(=O)Nc1cccc(S(=O)(=O)N2CCCC2)c1. The van der Waals surface area contributed by atoms with E-state index in [1.807, 2.05) is 0 Å². The molecule has 1 aromatic rings. The molecule has 2 aliphatic rings. The van der Waals surface area contributed by atoms with E-state index in [0.717, 1.165) is 12.8 Å². The molecule has 0 radical (unpaired) electrons. The number of amides is 1. The first-order chi connectivity index (χ1) is 12.4. The highest BCUT2D eigenvalue weighted by Crippen LogP contribution is 2.28. The van der Waals surface area contributed by atoms with Crippen LogP contribution in [0.2, 0.25) is 0 Å². The molecule has 3 rings (SSSR count). The normalized spacial score (nSPS) is 23.7. The lowest BCUT2D eigenvalue weighted by atomic mass is 9.82. The van der Waals surface area contributed by atoms with Crippen LogP contribution in [0.4, 0.5) is 5.69 Å². The fourth-order valence-corrected chi connectivity index (χ4v) is 4.99.